The second-order valence-corrected chi connectivity index (χ2v) is 6.11. The lowest BCUT2D eigenvalue weighted by atomic mass is 10.3. The number of sulfonamides is 1. The summed E-state index contributed by atoms with van der Waals surface area (Å²) < 4.78 is 52.7. The highest BCUT2D eigenvalue weighted by Crippen LogP contribution is 2.20. The zero-order valence-electron chi connectivity index (χ0n) is 9.27. The first kappa shape index (κ1) is 13.9. The van der Waals surface area contributed by atoms with Crippen LogP contribution in [-0.2, 0) is 10.0 Å². The van der Waals surface area contributed by atoms with E-state index < -0.39 is 26.6 Å². The van der Waals surface area contributed by atoms with E-state index >= 15 is 0 Å². The van der Waals surface area contributed by atoms with Crippen molar-refractivity contribution >= 4 is 31.8 Å². The molecule has 0 aliphatic rings. The van der Waals surface area contributed by atoms with Crippen LogP contribution in [0.5, 0.6) is 0 Å². The summed E-state index contributed by atoms with van der Waals surface area (Å²) in [6, 6.07) is 5.25. The largest absolute Gasteiger partial charge is 0.265 e. The minimum Gasteiger partial charge on any atom is -0.263 e. The Morgan fingerprint density at radius 3 is 2.53 bits per heavy atom. The molecule has 0 fully saturated rings. The van der Waals surface area contributed by atoms with Crippen molar-refractivity contribution in [3.63, 3.8) is 0 Å². The van der Waals surface area contributed by atoms with Crippen molar-refractivity contribution < 1.29 is 17.2 Å². The van der Waals surface area contributed by atoms with Crippen LogP contribution in [0.2, 0.25) is 0 Å². The first-order chi connectivity index (χ1) is 8.88. The highest BCUT2D eigenvalue weighted by atomic mass is 79.9. The van der Waals surface area contributed by atoms with Crippen molar-refractivity contribution in [2.75, 3.05) is 4.72 Å². The first-order valence-electron chi connectivity index (χ1n) is 4.98. The fourth-order valence-corrected chi connectivity index (χ4v) is 2.74. The Morgan fingerprint density at radius 1 is 1.16 bits per heavy atom. The van der Waals surface area contributed by atoms with Crippen molar-refractivity contribution in [3.05, 3.63) is 52.6 Å². The molecule has 1 heterocycles. The van der Waals surface area contributed by atoms with Crippen LogP contribution in [0.15, 0.2) is 45.9 Å². The van der Waals surface area contributed by atoms with Crippen molar-refractivity contribution in [1.82, 2.24) is 4.98 Å². The molecule has 0 unspecified atom stereocenters. The molecule has 8 heteroatoms. The van der Waals surface area contributed by atoms with Gasteiger partial charge in [0.15, 0.2) is 0 Å². The van der Waals surface area contributed by atoms with Gasteiger partial charge in [0.2, 0.25) is 0 Å². The molecule has 2 rings (SSSR count). The van der Waals surface area contributed by atoms with Crippen LogP contribution in [0.4, 0.5) is 14.6 Å². The SMILES string of the molecule is O=S(=O)(Nc1cc(Br)ccn1)c1ccc(F)cc1F. The fraction of sp³-hybridized carbons (Fsp3) is 0. The molecule has 0 aliphatic heterocycles. The summed E-state index contributed by atoms with van der Waals surface area (Å²) in [7, 11) is -4.15. The summed E-state index contributed by atoms with van der Waals surface area (Å²) in [5.41, 5.74) is 0. The summed E-state index contributed by atoms with van der Waals surface area (Å²) in [6.45, 7) is 0. The van der Waals surface area contributed by atoms with E-state index in [-0.39, 0.29) is 5.82 Å². The Morgan fingerprint density at radius 2 is 1.89 bits per heavy atom. The number of nitrogens with one attached hydrogen (secondary N) is 1. The lowest BCUT2D eigenvalue weighted by Gasteiger charge is -2.08. The molecule has 0 radical (unpaired) electrons. The van der Waals surface area contributed by atoms with Gasteiger partial charge in [-0.1, -0.05) is 15.9 Å². The predicted molar refractivity (Wildman–Crippen MR) is 69.1 cm³/mol. The molecule has 100 valence electrons. The second-order valence-electron chi connectivity index (χ2n) is 3.54. The van der Waals surface area contributed by atoms with E-state index in [2.05, 4.69) is 25.6 Å². The molecular formula is C11H7BrF2N2O2S. The Hall–Kier alpha value is -1.54. The van der Waals surface area contributed by atoms with E-state index in [0.717, 1.165) is 12.1 Å². The zero-order chi connectivity index (χ0) is 14.0. The molecule has 2 aromatic rings. The molecule has 4 nitrogen and oxygen atoms in total. The van der Waals surface area contributed by atoms with Crippen LogP contribution in [-0.4, -0.2) is 13.4 Å². The maximum atomic E-state index is 13.4. The van der Waals surface area contributed by atoms with E-state index in [4.69, 9.17) is 0 Å². The molecule has 19 heavy (non-hydrogen) atoms. The van der Waals surface area contributed by atoms with Crippen LogP contribution >= 0.6 is 15.9 Å². The number of hydrogen-bond acceptors (Lipinski definition) is 3. The van der Waals surface area contributed by atoms with E-state index in [9.17, 15) is 17.2 Å². The second kappa shape index (κ2) is 5.22. The molecule has 0 amide bonds. The number of nitrogens with zero attached hydrogens (tertiary/aromatic N) is 1. The number of anilines is 1. The summed E-state index contributed by atoms with van der Waals surface area (Å²) in [5, 5.41) is 0. The standard InChI is InChI=1S/C11H7BrF2N2O2S/c12-7-3-4-15-11(5-7)16-19(17,18)10-2-1-8(13)6-9(10)14/h1-6H,(H,15,16). The molecule has 0 bridgehead atoms. The molecule has 0 aliphatic carbocycles. The minimum absolute atomic E-state index is 0.0260. The first-order valence-corrected chi connectivity index (χ1v) is 7.25. The molecule has 1 aromatic carbocycles. The van der Waals surface area contributed by atoms with Gasteiger partial charge in [0, 0.05) is 16.7 Å². The fourth-order valence-electron chi connectivity index (χ4n) is 1.35. The van der Waals surface area contributed by atoms with Crippen LogP contribution in [0.1, 0.15) is 0 Å². The monoisotopic (exact) mass is 348 g/mol. The number of benzene rings is 1. The number of pyridine rings is 1. The highest BCUT2D eigenvalue weighted by Gasteiger charge is 2.20. The van der Waals surface area contributed by atoms with Gasteiger partial charge in [0.05, 0.1) is 0 Å². The van der Waals surface area contributed by atoms with Gasteiger partial charge in [-0.2, -0.15) is 0 Å². The van der Waals surface area contributed by atoms with Crippen LogP contribution in [0.25, 0.3) is 0 Å². The zero-order valence-corrected chi connectivity index (χ0v) is 11.7. The van der Waals surface area contributed by atoms with Crippen LogP contribution < -0.4 is 4.72 Å². The van der Waals surface area contributed by atoms with Crippen molar-refractivity contribution in [3.8, 4) is 0 Å². The third kappa shape index (κ3) is 3.27. The van der Waals surface area contributed by atoms with Gasteiger partial charge < -0.3 is 0 Å². The quantitative estimate of drug-likeness (QED) is 0.927. The summed E-state index contributed by atoms with van der Waals surface area (Å²) in [4.78, 5) is 3.14. The average Bonchev–Trinajstić information content (AvgIpc) is 2.27. The Balaban J connectivity index is 2.38. The Kier molecular flexibility index (Phi) is 3.81. The Labute approximate surface area is 116 Å². The van der Waals surface area contributed by atoms with Crippen LogP contribution in [0, 0.1) is 11.6 Å². The van der Waals surface area contributed by atoms with Gasteiger partial charge in [-0.05, 0) is 24.3 Å². The number of aromatic nitrogens is 1. The van der Waals surface area contributed by atoms with E-state index in [1.54, 1.807) is 6.07 Å². The van der Waals surface area contributed by atoms with Crippen LogP contribution in [0.3, 0.4) is 0 Å². The molecule has 0 spiro atoms. The van der Waals surface area contributed by atoms with Gasteiger partial charge in [0.1, 0.15) is 22.3 Å². The topological polar surface area (TPSA) is 59.1 Å². The van der Waals surface area contributed by atoms with Gasteiger partial charge in [0.25, 0.3) is 10.0 Å². The third-order valence-corrected chi connectivity index (χ3v) is 4.03. The van der Waals surface area contributed by atoms with Gasteiger partial charge in [-0.25, -0.2) is 22.2 Å². The number of halogens is 3. The molecule has 1 N–H and O–H groups in total. The number of rotatable bonds is 3. The Bertz CT molecular complexity index is 722. The van der Waals surface area contributed by atoms with Crippen molar-refractivity contribution in [1.29, 1.82) is 0 Å². The maximum absolute atomic E-state index is 13.4. The predicted octanol–water partition coefficient (Wildman–Crippen LogP) is 2.92. The van der Waals surface area contributed by atoms with Gasteiger partial charge in [-0.3, -0.25) is 4.72 Å². The van der Waals surface area contributed by atoms with E-state index in [1.165, 1.54) is 12.3 Å². The number of hydrogen-bond donors (Lipinski definition) is 1. The normalized spacial score (nSPS) is 11.3. The smallest absolute Gasteiger partial charge is 0.263 e. The molecule has 0 atom stereocenters. The highest BCUT2D eigenvalue weighted by molar-refractivity contribution is 9.10. The lowest BCUT2D eigenvalue weighted by molar-refractivity contribution is 0.551. The minimum atomic E-state index is -4.15. The molecule has 0 saturated heterocycles. The maximum Gasteiger partial charge on any atom is 0.265 e. The lowest BCUT2D eigenvalue weighted by Crippen LogP contribution is -2.15. The molecule has 1 aromatic heterocycles. The van der Waals surface area contributed by atoms with E-state index in [0.29, 0.717) is 10.5 Å². The third-order valence-electron chi connectivity index (χ3n) is 2.14. The summed E-state index contributed by atoms with van der Waals surface area (Å²) in [6.07, 6.45) is 1.38. The van der Waals surface area contributed by atoms with Crippen molar-refractivity contribution in [2.24, 2.45) is 0 Å². The summed E-state index contributed by atoms with van der Waals surface area (Å²) >= 11 is 3.15. The van der Waals surface area contributed by atoms with Gasteiger partial charge in [-0.15, -0.1) is 0 Å². The van der Waals surface area contributed by atoms with Crippen molar-refractivity contribution in [2.45, 2.75) is 4.90 Å². The van der Waals surface area contributed by atoms with Gasteiger partial charge >= 0.3 is 0 Å². The average molecular weight is 349 g/mol. The van der Waals surface area contributed by atoms with E-state index in [1.807, 2.05) is 0 Å². The molecule has 0 saturated carbocycles. The molecular weight excluding hydrogens is 342 g/mol. The summed E-state index contributed by atoms with van der Waals surface area (Å²) in [5.74, 6) is -1.99.